The number of alkyl halides is 3. The molecule has 3 rings (SSSR count). The molecule has 11 heteroatoms. The van der Waals surface area contributed by atoms with Gasteiger partial charge in [-0.15, -0.1) is 0 Å². The van der Waals surface area contributed by atoms with E-state index in [1.54, 1.807) is 17.8 Å². The van der Waals surface area contributed by atoms with Gasteiger partial charge in [0.2, 0.25) is 5.95 Å². The van der Waals surface area contributed by atoms with Gasteiger partial charge < -0.3 is 10.6 Å². The summed E-state index contributed by atoms with van der Waals surface area (Å²) >= 11 is 0. The lowest BCUT2D eigenvalue weighted by Crippen LogP contribution is -2.14. The second-order valence-electron chi connectivity index (χ2n) is 6.75. The molecule has 3 aromatic heterocycles. The number of aryl methyl sites for hydroxylation is 1. The number of aromatic nitrogens is 6. The van der Waals surface area contributed by atoms with E-state index in [2.05, 4.69) is 37.7 Å². The first kappa shape index (κ1) is 20.6. The second kappa shape index (κ2) is 8.10. The summed E-state index contributed by atoms with van der Waals surface area (Å²) in [6, 6.07) is 1.96. The fourth-order valence-corrected chi connectivity index (χ4v) is 2.87. The van der Waals surface area contributed by atoms with Gasteiger partial charge in [0, 0.05) is 38.4 Å². The molecule has 156 valence electrons. The molecule has 0 saturated heterocycles. The van der Waals surface area contributed by atoms with E-state index >= 15 is 0 Å². The van der Waals surface area contributed by atoms with Gasteiger partial charge in [-0.3, -0.25) is 9.36 Å². The van der Waals surface area contributed by atoms with Crippen LogP contribution in [0.4, 0.5) is 30.6 Å². The molecule has 29 heavy (non-hydrogen) atoms. The van der Waals surface area contributed by atoms with E-state index in [0.29, 0.717) is 18.8 Å². The number of nitrogens with one attached hydrogen (secondary N) is 2. The zero-order valence-corrected chi connectivity index (χ0v) is 16.6. The van der Waals surface area contributed by atoms with Gasteiger partial charge in [-0.05, 0) is 19.9 Å². The van der Waals surface area contributed by atoms with E-state index in [9.17, 15) is 13.2 Å². The third kappa shape index (κ3) is 4.66. The van der Waals surface area contributed by atoms with Crippen LogP contribution in [-0.4, -0.2) is 36.1 Å². The normalized spacial score (nSPS) is 12.8. The zero-order valence-electron chi connectivity index (χ0n) is 16.6. The van der Waals surface area contributed by atoms with Crippen molar-refractivity contribution in [1.82, 2.24) is 29.5 Å². The van der Waals surface area contributed by atoms with Crippen LogP contribution in [-0.2, 0) is 19.8 Å². The van der Waals surface area contributed by atoms with Crippen molar-refractivity contribution >= 4 is 17.5 Å². The Morgan fingerprint density at radius 3 is 2.62 bits per heavy atom. The highest BCUT2D eigenvalue weighted by atomic mass is 19.4. The number of rotatable bonds is 7. The summed E-state index contributed by atoms with van der Waals surface area (Å²) in [5.74, 6) is -0.0500. The van der Waals surface area contributed by atoms with Gasteiger partial charge in [-0.1, -0.05) is 6.92 Å². The van der Waals surface area contributed by atoms with Gasteiger partial charge >= 0.3 is 6.18 Å². The van der Waals surface area contributed by atoms with E-state index < -0.39 is 11.7 Å². The molecule has 2 N–H and O–H groups in total. The predicted octanol–water partition coefficient (Wildman–Crippen LogP) is 3.71. The topological polar surface area (TPSA) is 85.5 Å². The summed E-state index contributed by atoms with van der Waals surface area (Å²) in [6.07, 6.45) is -0.262. The molecule has 8 nitrogen and oxygen atoms in total. The molecular weight excluding hydrogens is 385 g/mol. The third-order valence-corrected chi connectivity index (χ3v) is 4.47. The number of halogens is 3. The lowest BCUT2D eigenvalue weighted by atomic mass is 10.1. The second-order valence-corrected chi connectivity index (χ2v) is 6.75. The molecule has 3 heterocycles. The van der Waals surface area contributed by atoms with Crippen LogP contribution in [0, 0.1) is 6.92 Å². The molecule has 1 unspecified atom stereocenters. The van der Waals surface area contributed by atoms with Crippen LogP contribution in [0.5, 0.6) is 0 Å². The Morgan fingerprint density at radius 1 is 1.24 bits per heavy atom. The molecular formula is C18H23F3N8. The Hall–Kier alpha value is -3.11. The van der Waals surface area contributed by atoms with Crippen molar-refractivity contribution in [1.29, 1.82) is 0 Å². The Balaban J connectivity index is 1.78. The lowest BCUT2D eigenvalue weighted by molar-refractivity contribution is -0.137. The van der Waals surface area contributed by atoms with Crippen LogP contribution in [0.1, 0.15) is 36.7 Å². The summed E-state index contributed by atoms with van der Waals surface area (Å²) in [7, 11) is 1.86. The maximum Gasteiger partial charge on any atom is 0.421 e. The fourth-order valence-electron chi connectivity index (χ4n) is 2.87. The van der Waals surface area contributed by atoms with Crippen molar-refractivity contribution in [3.05, 3.63) is 41.6 Å². The molecule has 3 aromatic rings. The summed E-state index contributed by atoms with van der Waals surface area (Å²) in [4.78, 5) is 7.80. The molecule has 0 aromatic carbocycles. The quantitative estimate of drug-likeness (QED) is 0.620. The van der Waals surface area contributed by atoms with Crippen LogP contribution >= 0.6 is 0 Å². The molecule has 0 radical (unpaired) electrons. The number of nitrogens with zero attached hydrogens (tertiary/aromatic N) is 6. The van der Waals surface area contributed by atoms with Crippen molar-refractivity contribution in [3.63, 3.8) is 0 Å². The monoisotopic (exact) mass is 408 g/mol. The van der Waals surface area contributed by atoms with Gasteiger partial charge in [0.15, 0.2) is 0 Å². The van der Waals surface area contributed by atoms with Crippen LogP contribution in [0.3, 0.4) is 0 Å². The largest absolute Gasteiger partial charge is 0.421 e. The lowest BCUT2D eigenvalue weighted by Gasteiger charge is -2.14. The summed E-state index contributed by atoms with van der Waals surface area (Å²) in [6.45, 7) is 6.54. The Morgan fingerprint density at radius 2 is 2.00 bits per heavy atom. The summed E-state index contributed by atoms with van der Waals surface area (Å²) < 4.78 is 42.9. The van der Waals surface area contributed by atoms with Gasteiger partial charge in [-0.25, -0.2) is 4.98 Å². The van der Waals surface area contributed by atoms with E-state index in [-0.39, 0.29) is 17.7 Å². The number of anilines is 3. The first-order valence-electron chi connectivity index (χ1n) is 9.16. The van der Waals surface area contributed by atoms with Crippen LogP contribution < -0.4 is 10.6 Å². The maximum absolute atomic E-state index is 13.1. The molecule has 0 aliphatic carbocycles. The van der Waals surface area contributed by atoms with Crippen LogP contribution in [0.2, 0.25) is 0 Å². The molecule has 0 aliphatic heterocycles. The SMILES string of the molecule is CCNc1nc(Nc2cnn(CC(C)c3ccn(C)n3)c2C)ncc1C(F)(F)F. The average molecular weight is 408 g/mol. The average Bonchev–Trinajstić information content (AvgIpc) is 3.22. The minimum atomic E-state index is -4.53. The first-order valence-corrected chi connectivity index (χ1v) is 9.16. The van der Waals surface area contributed by atoms with E-state index in [4.69, 9.17) is 0 Å². The minimum absolute atomic E-state index is 0.0642. The highest BCUT2D eigenvalue weighted by Crippen LogP contribution is 2.34. The maximum atomic E-state index is 13.1. The minimum Gasteiger partial charge on any atom is -0.370 e. The molecule has 1 atom stereocenters. The van der Waals surface area contributed by atoms with E-state index in [1.807, 2.05) is 30.9 Å². The molecule has 0 saturated carbocycles. The highest BCUT2D eigenvalue weighted by Gasteiger charge is 2.35. The zero-order chi connectivity index (χ0) is 21.2. The first-order chi connectivity index (χ1) is 13.7. The smallest absolute Gasteiger partial charge is 0.370 e. The van der Waals surface area contributed by atoms with Crippen molar-refractivity contribution in [2.45, 2.75) is 39.4 Å². The van der Waals surface area contributed by atoms with Crippen molar-refractivity contribution in [2.24, 2.45) is 7.05 Å². The molecule has 0 bridgehead atoms. The van der Waals surface area contributed by atoms with Gasteiger partial charge in [0.1, 0.15) is 11.4 Å². The standard InChI is InChI=1S/C18H23F3N8/c1-5-22-16-13(18(19,20)21)8-23-17(26-16)25-15-9-24-29(12(15)3)10-11(2)14-6-7-28(4)27-14/h6-9,11H,5,10H2,1-4H3,(H2,22,23,25,26). The Labute approximate surface area is 166 Å². The number of hydrogen-bond donors (Lipinski definition) is 2. The van der Waals surface area contributed by atoms with Gasteiger partial charge in [0.25, 0.3) is 0 Å². The fraction of sp³-hybridized carbons (Fsp3) is 0.444. The van der Waals surface area contributed by atoms with E-state index in [0.717, 1.165) is 17.6 Å². The van der Waals surface area contributed by atoms with Crippen molar-refractivity contribution < 1.29 is 13.2 Å². The predicted molar refractivity (Wildman–Crippen MR) is 103 cm³/mol. The Kier molecular flexibility index (Phi) is 5.76. The molecule has 0 amide bonds. The molecule has 0 fully saturated rings. The van der Waals surface area contributed by atoms with Gasteiger partial charge in [-0.2, -0.15) is 28.4 Å². The third-order valence-electron chi connectivity index (χ3n) is 4.47. The molecule has 0 aliphatic rings. The highest BCUT2D eigenvalue weighted by molar-refractivity contribution is 5.58. The Bertz CT molecular complexity index is 976. The molecule has 0 spiro atoms. The van der Waals surface area contributed by atoms with Crippen LogP contribution in [0.15, 0.2) is 24.7 Å². The summed E-state index contributed by atoms with van der Waals surface area (Å²) in [5.41, 5.74) is 1.50. The van der Waals surface area contributed by atoms with Crippen LogP contribution in [0.25, 0.3) is 0 Å². The van der Waals surface area contributed by atoms with Crippen molar-refractivity contribution in [3.8, 4) is 0 Å². The van der Waals surface area contributed by atoms with E-state index in [1.165, 1.54) is 0 Å². The van der Waals surface area contributed by atoms with Gasteiger partial charge in [0.05, 0.1) is 23.3 Å². The van der Waals surface area contributed by atoms with Crippen molar-refractivity contribution in [2.75, 3.05) is 17.2 Å². The number of hydrogen-bond acceptors (Lipinski definition) is 6. The summed E-state index contributed by atoms with van der Waals surface area (Å²) in [5, 5.41) is 14.4.